The van der Waals surface area contributed by atoms with Crippen molar-refractivity contribution in [3.8, 4) is 0 Å². The van der Waals surface area contributed by atoms with Gasteiger partial charge in [0.15, 0.2) is 12.4 Å². The number of rotatable bonds is 7. The van der Waals surface area contributed by atoms with Gasteiger partial charge in [-0.3, -0.25) is 0 Å². The minimum absolute atomic E-state index is 0.0809. The highest BCUT2D eigenvalue weighted by molar-refractivity contribution is 5.89. The highest BCUT2D eigenvalue weighted by Gasteiger charge is 2.33. The molecule has 0 saturated heterocycles. The summed E-state index contributed by atoms with van der Waals surface area (Å²) in [5, 5.41) is 58.8. The first-order valence-electron chi connectivity index (χ1n) is 5.08. The van der Waals surface area contributed by atoms with Crippen LogP contribution < -0.4 is 0 Å². The van der Waals surface area contributed by atoms with Gasteiger partial charge < -0.3 is 40.5 Å². The van der Waals surface area contributed by atoms with E-state index in [1.165, 1.54) is 0 Å². The van der Waals surface area contributed by atoms with Crippen molar-refractivity contribution in [2.45, 2.75) is 24.4 Å². The van der Waals surface area contributed by atoms with Crippen LogP contribution in [0.25, 0.3) is 0 Å². The van der Waals surface area contributed by atoms with Gasteiger partial charge in [-0.1, -0.05) is 0 Å². The quantitative estimate of drug-likeness (QED) is 0.180. The van der Waals surface area contributed by atoms with Crippen LogP contribution in [-0.4, -0.2) is 84.4 Å². The van der Waals surface area contributed by atoms with E-state index in [0.29, 0.717) is 12.2 Å². The molecule has 21 heavy (non-hydrogen) atoms. The molecule has 0 aromatic carbocycles. The zero-order chi connectivity index (χ0) is 17.2. The van der Waals surface area contributed by atoms with Crippen LogP contribution in [0.4, 0.5) is 0 Å². The summed E-state index contributed by atoms with van der Waals surface area (Å²) in [5.41, 5.74) is 0. The predicted octanol–water partition coefficient (Wildman–Crippen LogP) is -3.57. The molecule has 120 valence electrons. The van der Waals surface area contributed by atoms with E-state index in [1.807, 2.05) is 0 Å². The topological polar surface area (TPSA) is 210 Å². The fourth-order valence-electron chi connectivity index (χ4n) is 0.758. The highest BCUT2D eigenvalue weighted by atomic mass is 16.4. The Bertz CT molecular complexity index is 386. The van der Waals surface area contributed by atoms with Crippen LogP contribution in [0.3, 0.4) is 0 Å². The van der Waals surface area contributed by atoms with E-state index < -0.39 is 42.3 Å². The van der Waals surface area contributed by atoms with Gasteiger partial charge >= 0.3 is 17.9 Å². The Hall–Kier alpha value is -2.34. The Morgan fingerprint density at radius 1 is 0.762 bits per heavy atom. The Morgan fingerprint density at radius 2 is 1.14 bits per heavy atom. The average molecular weight is 310 g/mol. The number of carbonyl (C=O) groups is 4. The summed E-state index contributed by atoms with van der Waals surface area (Å²) in [6.45, 7) is 0. The third-order valence-electron chi connectivity index (χ3n) is 1.78. The number of hydrogen-bond acceptors (Lipinski definition) is 8. The van der Waals surface area contributed by atoms with Crippen molar-refractivity contribution in [2.24, 2.45) is 0 Å². The highest BCUT2D eigenvalue weighted by Crippen LogP contribution is 2.03. The number of aliphatic hydroxyl groups is 4. The largest absolute Gasteiger partial charge is 0.479 e. The van der Waals surface area contributed by atoms with Gasteiger partial charge in [-0.05, 0) is 0 Å². The first-order chi connectivity index (χ1) is 9.54. The summed E-state index contributed by atoms with van der Waals surface area (Å²) >= 11 is 0. The molecule has 7 N–H and O–H groups in total. The molecule has 4 atom stereocenters. The van der Waals surface area contributed by atoms with Gasteiger partial charge in [0.05, 0.1) is 0 Å². The summed E-state index contributed by atoms with van der Waals surface area (Å²) in [7, 11) is 0. The lowest BCUT2D eigenvalue weighted by molar-refractivity contribution is -0.163. The molecule has 11 nitrogen and oxygen atoms in total. The number of carboxylic acids is 3. The number of aldehydes is 1. The lowest BCUT2D eigenvalue weighted by atomic mass is 10.0. The van der Waals surface area contributed by atoms with Gasteiger partial charge in [0.2, 0.25) is 0 Å². The van der Waals surface area contributed by atoms with Crippen LogP contribution in [0.1, 0.15) is 0 Å². The fraction of sp³-hybridized carbons (Fsp3) is 0.400. The first-order valence-corrected chi connectivity index (χ1v) is 5.08. The molecule has 0 spiro atoms. The molecule has 0 fully saturated rings. The number of carboxylic acid groups (broad SMARTS) is 3. The van der Waals surface area contributed by atoms with Crippen molar-refractivity contribution in [3.05, 3.63) is 12.2 Å². The van der Waals surface area contributed by atoms with Gasteiger partial charge in [0.1, 0.15) is 18.3 Å². The number of aliphatic carboxylic acids is 3. The Labute approximate surface area is 117 Å². The van der Waals surface area contributed by atoms with Gasteiger partial charge in [-0.15, -0.1) is 0 Å². The number of hydrogen-bond donors (Lipinski definition) is 7. The van der Waals surface area contributed by atoms with E-state index in [-0.39, 0.29) is 6.29 Å². The molecule has 0 saturated carbocycles. The normalized spacial score (nSPS) is 16.0. The van der Waals surface area contributed by atoms with Crippen LogP contribution >= 0.6 is 0 Å². The van der Waals surface area contributed by atoms with E-state index in [9.17, 15) is 19.2 Å². The van der Waals surface area contributed by atoms with E-state index in [2.05, 4.69) is 0 Å². The van der Waals surface area contributed by atoms with E-state index in [1.54, 1.807) is 0 Å². The minimum Gasteiger partial charge on any atom is -0.479 e. The Balaban J connectivity index is 0. The molecule has 0 amide bonds. The molecule has 0 aromatic heterocycles. The van der Waals surface area contributed by atoms with Crippen molar-refractivity contribution in [1.29, 1.82) is 0 Å². The Kier molecular flexibility index (Phi) is 10.4. The summed E-state index contributed by atoms with van der Waals surface area (Å²) in [5.74, 6) is -4.27. The minimum atomic E-state index is -2.25. The van der Waals surface area contributed by atoms with Crippen molar-refractivity contribution in [1.82, 2.24) is 0 Å². The zero-order valence-corrected chi connectivity index (χ0v) is 10.3. The Morgan fingerprint density at radius 3 is 1.38 bits per heavy atom. The zero-order valence-electron chi connectivity index (χ0n) is 10.3. The molecule has 0 heterocycles. The van der Waals surface area contributed by atoms with Gasteiger partial charge in [0.25, 0.3) is 0 Å². The molecule has 0 aliphatic heterocycles. The van der Waals surface area contributed by atoms with E-state index >= 15 is 0 Å². The summed E-state index contributed by atoms with van der Waals surface area (Å²) < 4.78 is 0. The van der Waals surface area contributed by atoms with Crippen molar-refractivity contribution in [2.75, 3.05) is 0 Å². The molecule has 0 unspecified atom stereocenters. The maximum absolute atomic E-state index is 10.1. The molecular weight excluding hydrogens is 296 g/mol. The standard InChI is InChI=1S/C6H10O7.C4H4O4/c7-1-2(8)3(9)4(10)5(11)6(12)13;5-3(6)1-2-4(7)8/h1-5,8-11H,(H,12,13);1-2H,(H,5,6)(H,7,8)/b;2-1-/t2-,3+,4-,5-;/m0./s1. The summed E-state index contributed by atoms with van der Waals surface area (Å²) in [6, 6.07) is 0. The molecule has 0 bridgehead atoms. The van der Waals surface area contributed by atoms with Gasteiger partial charge in [-0.2, -0.15) is 0 Å². The lowest BCUT2D eigenvalue weighted by Gasteiger charge is -2.21. The van der Waals surface area contributed by atoms with Gasteiger partial charge in [0, 0.05) is 12.2 Å². The second-order valence-electron chi connectivity index (χ2n) is 3.40. The third kappa shape index (κ3) is 10.1. The average Bonchev–Trinajstić information content (AvgIpc) is 2.42. The maximum atomic E-state index is 10.1. The second kappa shape index (κ2) is 10.4. The molecule has 0 rings (SSSR count). The van der Waals surface area contributed by atoms with Crippen LogP contribution in [0, 0.1) is 0 Å². The molecule has 0 aliphatic carbocycles. The monoisotopic (exact) mass is 310 g/mol. The molecule has 0 aromatic rings. The van der Waals surface area contributed by atoms with Crippen LogP contribution in [0.15, 0.2) is 12.2 Å². The predicted molar refractivity (Wildman–Crippen MR) is 62.1 cm³/mol. The van der Waals surface area contributed by atoms with E-state index in [4.69, 9.17) is 35.7 Å². The maximum Gasteiger partial charge on any atom is 0.335 e. The van der Waals surface area contributed by atoms with Crippen molar-refractivity contribution >= 4 is 24.2 Å². The van der Waals surface area contributed by atoms with E-state index in [0.717, 1.165) is 0 Å². The SMILES string of the molecule is O=C(O)/C=C\C(=O)O.O=C[C@H](O)[C@@H](O)[C@H](O)[C@H](O)C(=O)O. The third-order valence-corrected chi connectivity index (χ3v) is 1.78. The lowest BCUT2D eigenvalue weighted by Crippen LogP contribution is -2.48. The van der Waals surface area contributed by atoms with Crippen LogP contribution in [-0.2, 0) is 19.2 Å². The van der Waals surface area contributed by atoms with Crippen molar-refractivity contribution in [3.63, 3.8) is 0 Å². The first kappa shape index (κ1) is 21.0. The molecule has 0 aliphatic rings. The number of aliphatic hydroxyl groups excluding tert-OH is 4. The van der Waals surface area contributed by atoms with Crippen LogP contribution in [0.5, 0.6) is 0 Å². The molecule has 0 radical (unpaired) electrons. The smallest absolute Gasteiger partial charge is 0.335 e. The van der Waals surface area contributed by atoms with Gasteiger partial charge in [-0.25, -0.2) is 14.4 Å². The van der Waals surface area contributed by atoms with Crippen LogP contribution in [0.2, 0.25) is 0 Å². The molecule has 11 heteroatoms. The summed E-state index contributed by atoms with van der Waals surface area (Å²) in [6.07, 6.45) is -7.28. The second-order valence-corrected chi connectivity index (χ2v) is 3.40. The molecular formula is C10H14O11. The van der Waals surface area contributed by atoms with Crippen molar-refractivity contribution < 1.29 is 54.9 Å². The fourth-order valence-corrected chi connectivity index (χ4v) is 0.758. The number of carbonyl (C=O) groups excluding carboxylic acids is 1. The summed E-state index contributed by atoms with van der Waals surface area (Å²) in [4.78, 5) is 39.1.